The van der Waals surface area contributed by atoms with E-state index in [-0.39, 0.29) is 17.7 Å². The number of amides is 2. The van der Waals surface area contributed by atoms with E-state index in [2.05, 4.69) is 24.8 Å². The van der Waals surface area contributed by atoms with Gasteiger partial charge in [-0.1, -0.05) is 36.4 Å². The average Bonchev–Trinajstić information content (AvgIpc) is 3.24. The SMILES string of the molecule is C=CCN1C[C@@H](C(=O)N2CCn3nc(Cc4ccccc4)cc3C2)CC1=O. The lowest BCUT2D eigenvalue weighted by Crippen LogP contribution is -2.42. The van der Waals surface area contributed by atoms with Gasteiger partial charge < -0.3 is 9.80 Å². The van der Waals surface area contributed by atoms with E-state index in [1.807, 2.05) is 27.8 Å². The summed E-state index contributed by atoms with van der Waals surface area (Å²) in [4.78, 5) is 28.5. The molecule has 1 fully saturated rings. The molecule has 2 amide bonds. The Morgan fingerprint density at radius 3 is 2.85 bits per heavy atom. The predicted molar refractivity (Wildman–Crippen MR) is 102 cm³/mol. The van der Waals surface area contributed by atoms with Gasteiger partial charge in [-0.15, -0.1) is 6.58 Å². The number of fused-ring (bicyclic) bond motifs is 1. The fourth-order valence-electron chi connectivity index (χ4n) is 3.93. The van der Waals surface area contributed by atoms with Crippen LogP contribution in [0.15, 0.2) is 49.1 Å². The van der Waals surface area contributed by atoms with Gasteiger partial charge in [-0.05, 0) is 11.6 Å². The Labute approximate surface area is 159 Å². The molecular formula is C21H24N4O2. The summed E-state index contributed by atoms with van der Waals surface area (Å²) < 4.78 is 2.01. The quantitative estimate of drug-likeness (QED) is 0.761. The normalized spacial score (nSPS) is 19.3. The van der Waals surface area contributed by atoms with E-state index in [0.717, 1.165) is 17.8 Å². The summed E-state index contributed by atoms with van der Waals surface area (Å²) in [5, 5.41) is 4.69. The Morgan fingerprint density at radius 1 is 1.26 bits per heavy atom. The van der Waals surface area contributed by atoms with Crippen molar-refractivity contribution in [1.29, 1.82) is 0 Å². The molecule has 1 aromatic carbocycles. The summed E-state index contributed by atoms with van der Waals surface area (Å²) in [6.45, 7) is 6.59. The molecule has 140 valence electrons. The van der Waals surface area contributed by atoms with E-state index < -0.39 is 0 Å². The summed E-state index contributed by atoms with van der Waals surface area (Å²) in [7, 11) is 0. The third-order valence-electron chi connectivity index (χ3n) is 5.30. The average molecular weight is 364 g/mol. The molecule has 0 spiro atoms. The van der Waals surface area contributed by atoms with Crippen LogP contribution >= 0.6 is 0 Å². The minimum absolute atomic E-state index is 0.0421. The van der Waals surface area contributed by atoms with E-state index in [1.165, 1.54) is 5.56 Å². The van der Waals surface area contributed by atoms with Crippen LogP contribution in [0.1, 0.15) is 23.4 Å². The van der Waals surface area contributed by atoms with Crippen LogP contribution < -0.4 is 0 Å². The lowest BCUT2D eigenvalue weighted by atomic mass is 10.1. The maximum absolute atomic E-state index is 12.9. The van der Waals surface area contributed by atoms with Gasteiger partial charge in [-0.25, -0.2) is 0 Å². The first kappa shape index (κ1) is 17.5. The van der Waals surface area contributed by atoms with Gasteiger partial charge in [0, 0.05) is 32.5 Å². The lowest BCUT2D eigenvalue weighted by molar-refractivity contribution is -0.137. The van der Waals surface area contributed by atoms with Crippen molar-refractivity contribution in [3.8, 4) is 0 Å². The second-order valence-electron chi connectivity index (χ2n) is 7.26. The van der Waals surface area contributed by atoms with Gasteiger partial charge in [0.05, 0.1) is 30.4 Å². The van der Waals surface area contributed by atoms with Crippen molar-refractivity contribution in [2.75, 3.05) is 19.6 Å². The Hall–Kier alpha value is -2.89. The van der Waals surface area contributed by atoms with Crippen molar-refractivity contribution in [3.63, 3.8) is 0 Å². The van der Waals surface area contributed by atoms with Crippen LogP contribution in [0.2, 0.25) is 0 Å². The molecule has 1 aromatic heterocycles. The van der Waals surface area contributed by atoms with Crippen LogP contribution in [0.4, 0.5) is 0 Å². The topological polar surface area (TPSA) is 58.4 Å². The maximum Gasteiger partial charge on any atom is 0.228 e. The van der Waals surface area contributed by atoms with Gasteiger partial charge in [-0.2, -0.15) is 5.10 Å². The van der Waals surface area contributed by atoms with Gasteiger partial charge in [0.2, 0.25) is 11.8 Å². The number of aromatic nitrogens is 2. The standard InChI is InChI=1S/C21H24N4O2/c1-2-8-23-14-17(12-20(23)26)21(27)24-9-10-25-19(15-24)13-18(22-25)11-16-6-4-3-5-7-16/h2-7,13,17H,1,8-12,14-15H2/t17-/m0/s1. The minimum Gasteiger partial charge on any atom is -0.338 e. The molecule has 4 rings (SSSR count). The van der Waals surface area contributed by atoms with Crippen LogP contribution in [0.25, 0.3) is 0 Å². The van der Waals surface area contributed by atoms with E-state index in [9.17, 15) is 9.59 Å². The van der Waals surface area contributed by atoms with Gasteiger partial charge in [-0.3, -0.25) is 14.3 Å². The maximum atomic E-state index is 12.9. The van der Waals surface area contributed by atoms with Crippen LogP contribution in [0, 0.1) is 5.92 Å². The number of hydrogen-bond donors (Lipinski definition) is 0. The number of carbonyl (C=O) groups excluding carboxylic acids is 2. The molecule has 0 N–H and O–H groups in total. The Bertz CT molecular complexity index is 858. The third-order valence-corrected chi connectivity index (χ3v) is 5.30. The Morgan fingerprint density at radius 2 is 2.07 bits per heavy atom. The fraction of sp³-hybridized carbons (Fsp3) is 0.381. The zero-order chi connectivity index (χ0) is 18.8. The summed E-state index contributed by atoms with van der Waals surface area (Å²) in [6, 6.07) is 12.4. The second kappa shape index (κ2) is 7.39. The largest absolute Gasteiger partial charge is 0.338 e. The predicted octanol–water partition coefficient (Wildman–Crippen LogP) is 1.85. The number of nitrogens with zero attached hydrogens (tertiary/aromatic N) is 4. The van der Waals surface area contributed by atoms with Crippen LogP contribution in [0.5, 0.6) is 0 Å². The molecule has 6 nitrogen and oxygen atoms in total. The number of likely N-dealkylation sites (tertiary alicyclic amines) is 1. The first-order chi connectivity index (χ1) is 13.1. The summed E-state index contributed by atoms with van der Waals surface area (Å²) >= 11 is 0. The molecule has 0 saturated carbocycles. The molecule has 0 bridgehead atoms. The monoisotopic (exact) mass is 364 g/mol. The zero-order valence-electron chi connectivity index (χ0n) is 15.4. The molecule has 0 unspecified atom stereocenters. The van der Waals surface area contributed by atoms with Crippen molar-refractivity contribution in [2.45, 2.75) is 25.9 Å². The van der Waals surface area contributed by atoms with Crippen LogP contribution in [-0.2, 0) is 29.1 Å². The Balaban J connectivity index is 1.42. The van der Waals surface area contributed by atoms with Crippen molar-refractivity contribution in [1.82, 2.24) is 19.6 Å². The van der Waals surface area contributed by atoms with Crippen LogP contribution in [-0.4, -0.2) is 51.0 Å². The second-order valence-corrected chi connectivity index (χ2v) is 7.26. The van der Waals surface area contributed by atoms with Crippen LogP contribution in [0.3, 0.4) is 0 Å². The summed E-state index contributed by atoms with van der Waals surface area (Å²) in [6.07, 6.45) is 2.81. The fourth-order valence-corrected chi connectivity index (χ4v) is 3.93. The Kier molecular flexibility index (Phi) is 4.79. The molecule has 2 aliphatic heterocycles. The van der Waals surface area contributed by atoms with Crippen molar-refractivity contribution in [3.05, 3.63) is 66.0 Å². The highest BCUT2D eigenvalue weighted by atomic mass is 16.2. The molecule has 2 aliphatic rings. The molecule has 0 aliphatic carbocycles. The van der Waals surface area contributed by atoms with Gasteiger partial charge in [0.15, 0.2) is 0 Å². The van der Waals surface area contributed by atoms with E-state index in [1.54, 1.807) is 11.0 Å². The highest BCUT2D eigenvalue weighted by Crippen LogP contribution is 2.23. The summed E-state index contributed by atoms with van der Waals surface area (Å²) in [5.74, 6) is -0.122. The molecule has 3 heterocycles. The lowest BCUT2D eigenvalue weighted by Gasteiger charge is -2.29. The molecule has 1 saturated heterocycles. The molecule has 2 aromatic rings. The van der Waals surface area contributed by atoms with Gasteiger partial charge in [0.25, 0.3) is 0 Å². The highest BCUT2D eigenvalue weighted by Gasteiger charge is 2.37. The zero-order valence-corrected chi connectivity index (χ0v) is 15.4. The van der Waals surface area contributed by atoms with E-state index in [0.29, 0.717) is 39.1 Å². The smallest absolute Gasteiger partial charge is 0.228 e. The van der Waals surface area contributed by atoms with Gasteiger partial charge >= 0.3 is 0 Å². The molecule has 6 heteroatoms. The number of rotatable bonds is 5. The molecule has 1 atom stereocenters. The first-order valence-corrected chi connectivity index (χ1v) is 9.41. The molecular weight excluding hydrogens is 340 g/mol. The van der Waals surface area contributed by atoms with Crippen molar-refractivity contribution in [2.24, 2.45) is 5.92 Å². The van der Waals surface area contributed by atoms with Gasteiger partial charge in [0.1, 0.15) is 0 Å². The number of hydrogen-bond acceptors (Lipinski definition) is 3. The molecule has 27 heavy (non-hydrogen) atoms. The first-order valence-electron chi connectivity index (χ1n) is 9.41. The van der Waals surface area contributed by atoms with Crippen molar-refractivity contribution >= 4 is 11.8 Å². The van der Waals surface area contributed by atoms with E-state index >= 15 is 0 Å². The van der Waals surface area contributed by atoms with Crippen molar-refractivity contribution < 1.29 is 9.59 Å². The highest BCUT2D eigenvalue weighted by molar-refractivity contribution is 5.89. The van der Waals surface area contributed by atoms with E-state index in [4.69, 9.17) is 5.10 Å². The molecule has 0 radical (unpaired) electrons. The summed E-state index contributed by atoms with van der Waals surface area (Å²) in [5.41, 5.74) is 3.32. The third kappa shape index (κ3) is 3.65. The minimum atomic E-state index is -0.240. The number of carbonyl (C=O) groups is 2. The number of benzene rings is 1.